The number of nitrogens with one attached hydrogen (secondary N) is 1. The van der Waals surface area contributed by atoms with E-state index in [0.717, 1.165) is 36.7 Å². The van der Waals surface area contributed by atoms with Crippen molar-refractivity contribution in [2.75, 3.05) is 5.32 Å². The molecule has 0 fully saturated rings. The molecule has 0 unspecified atom stereocenters. The van der Waals surface area contributed by atoms with Gasteiger partial charge in [-0.3, -0.25) is 9.36 Å². The van der Waals surface area contributed by atoms with Crippen LogP contribution in [0.4, 0.5) is 5.82 Å². The number of aromatic nitrogens is 4. The van der Waals surface area contributed by atoms with E-state index in [9.17, 15) is 0 Å². The SMILES string of the molecule is CCCn1ccc(NCc2cc(C)nn2C)n1. The zero-order valence-corrected chi connectivity index (χ0v) is 10.6. The highest BCUT2D eigenvalue weighted by Crippen LogP contribution is 2.07. The van der Waals surface area contributed by atoms with Gasteiger partial charge >= 0.3 is 0 Å². The third kappa shape index (κ3) is 2.87. The van der Waals surface area contributed by atoms with Crippen molar-refractivity contribution in [3.05, 3.63) is 29.7 Å². The molecule has 2 rings (SSSR count). The largest absolute Gasteiger partial charge is 0.363 e. The average molecular weight is 233 g/mol. The summed E-state index contributed by atoms with van der Waals surface area (Å²) in [6.07, 6.45) is 3.10. The molecule has 0 aromatic carbocycles. The van der Waals surface area contributed by atoms with E-state index in [2.05, 4.69) is 28.5 Å². The Morgan fingerprint density at radius 3 is 2.82 bits per heavy atom. The first kappa shape index (κ1) is 11.7. The van der Waals surface area contributed by atoms with Gasteiger partial charge in [-0.2, -0.15) is 10.2 Å². The number of hydrogen-bond acceptors (Lipinski definition) is 3. The van der Waals surface area contributed by atoms with Crippen molar-refractivity contribution in [1.82, 2.24) is 19.6 Å². The maximum atomic E-state index is 4.43. The van der Waals surface area contributed by atoms with Crippen molar-refractivity contribution in [3.63, 3.8) is 0 Å². The zero-order chi connectivity index (χ0) is 12.3. The molecule has 0 radical (unpaired) electrons. The normalized spacial score (nSPS) is 10.8. The maximum absolute atomic E-state index is 4.43. The molecule has 0 saturated carbocycles. The lowest BCUT2D eigenvalue weighted by Gasteiger charge is -2.03. The molecule has 17 heavy (non-hydrogen) atoms. The van der Waals surface area contributed by atoms with Gasteiger partial charge in [-0.15, -0.1) is 0 Å². The van der Waals surface area contributed by atoms with Crippen LogP contribution in [0.2, 0.25) is 0 Å². The Bertz CT molecular complexity index is 483. The molecule has 2 heterocycles. The summed E-state index contributed by atoms with van der Waals surface area (Å²) in [6, 6.07) is 4.08. The molecule has 2 aromatic rings. The van der Waals surface area contributed by atoms with E-state index in [0.29, 0.717) is 0 Å². The third-order valence-electron chi connectivity index (χ3n) is 2.64. The van der Waals surface area contributed by atoms with Crippen LogP contribution in [0.1, 0.15) is 24.7 Å². The molecule has 0 saturated heterocycles. The smallest absolute Gasteiger partial charge is 0.148 e. The van der Waals surface area contributed by atoms with Crippen molar-refractivity contribution < 1.29 is 0 Å². The Kier molecular flexibility index (Phi) is 3.46. The predicted octanol–water partition coefficient (Wildman–Crippen LogP) is 1.95. The van der Waals surface area contributed by atoms with Crippen LogP contribution >= 0.6 is 0 Å². The minimum absolute atomic E-state index is 0.750. The fourth-order valence-corrected chi connectivity index (χ4v) is 1.82. The number of nitrogens with zero attached hydrogens (tertiary/aromatic N) is 4. The molecular weight excluding hydrogens is 214 g/mol. The first-order chi connectivity index (χ1) is 8.19. The van der Waals surface area contributed by atoms with Gasteiger partial charge in [0.15, 0.2) is 0 Å². The Balaban J connectivity index is 1.95. The van der Waals surface area contributed by atoms with Crippen LogP contribution in [-0.4, -0.2) is 19.6 Å². The Morgan fingerprint density at radius 2 is 2.18 bits per heavy atom. The zero-order valence-electron chi connectivity index (χ0n) is 10.6. The van der Waals surface area contributed by atoms with E-state index in [1.165, 1.54) is 0 Å². The van der Waals surface area contributed by atoms with E-state index in [1.54, 1.807) is 0 Å². The minimum atomic E-state index is 0.750. The third-order valence-corrected chi connectivity index (χ3v) is 2.64. The molecule has 0 atom stereocenters. The second kappa shape index (κ2) is 5.03. The van der Waals surface area contributed by atoms with Crippen LogP contribution in [0.5, 0.6) is 0 Å². The van der Waals surface area contributed by atoms with Gasteiger partial charge in [0.25, 0.3) is 0 Å². The van der Waals surface area contributed by atoms with E-state index < -0.39 is 0 Å². The average Bonchev–Trinajstić information content (AvgIpc) is 2.83. The lowest BCUT2D eigenvalue weighted by Crippen LogP contribution is -2.06. The van der Waals surface area contributed by atoms with E-state index in [1.807, 2.05) is 35.6 Å². The second-order valence-electron chi connectivity index (χ2n) is 4.22. The standard InChI is InChI=1S/C12H19N5/c1-4-6-17-7-5-12(15-17)13-9-11-8-10(2)14-16(11)3/h5,7-8H,4,6,9H2,1-3H3,(H,13,15). The van der Waals surface area contributed by atoms with E-state index in [4.69, 9.17) is 0 Å². The summed E-state index contributed by atoms with van der Waals surface area (Å²) >= 11 is 0. The Hall–Kier alpha value is -1.78. The summed E-state index contributed by atoms with van der Waals surface area (Å²) in [5.41, 5.74) is 2.20. The maximum Gasteiger partial charge on any atom is 0.148 e. The minimum Gasteiger partial charge on any atom is -0.363 e. The first-order valence-corrected chi connectivity index (χ1v) is 5.96. The van der Waals surface area contributed by atoms with Crippen LogP contribution in [0.3, 0.4) is 0 Å². The van der Waals surface area contributed by atoms with E-state index >= 15 is 0 Å². The van der Waals surface area contributed by atoms with Crippen molar-refractivity contribution in [2.45, 2.75) is 33.4 Å². The molecular formula is C12H19N5. The predicted molar refractivity (Wildman–Crippen MR) is 67.8 cm³/mol. The summed E-state index contributed by atoms with van der Waals surface area (Å²) in [5.74, 6) is 0.914. The van der Waals surface area contributed by atoms with Crippen LogP contribution in [0, 0.1) is 6.92 Å². The number of anilines is 1. The molecule has 92 valence electrons. The van der Waals surface area contributed by atoms with Crippen molar-refractivity contribution >= 4 is 5.82 Å². The highest BCUT2D eigenvalue weighted by Gasteiger charge is 2.03. The fourth-order valence-electron chi connectivity index (χ4n) is 1.82. The van der Waals surface area contributed by atoms with Gasteiger partial charge in [0.2, 0.25) is 0 Å². The van der Waals surface area contributed by atoms with Crippen molar-refractivity contribution in [1.29, 1.82) is 0 Å². The van der Waals surface area contributed by atoms with Crippen LogP contribution in [-0.2, 0) is 20.1 Å². The van der Waals surface area contributed by atoms with Gasteiger partial charge < -0.3 is 5.32 Å². The lowest BCUT2D eigenvalue weighted by atomic mass is 10.3. The summed E-state index contributed by atoms with van der Waals surface area (Å²) in [4.78, 5) is 0. The van der Waals surface area contributed by atoms with Gasteiger partial charge in [-0.05, 0) is 19.4 Å². The molecule has 0 aliphatic carbocycles. The quantitative estimate of drug-likeness (QED) is 0.858. The molecule has 2 aromatic heterocycles. The van der Waals surface area contributed by atoms with Crippen LogP contribution in [0.15, 0.2) is 18.3 Å². The molecule has 5 heteroatoms. The van der Waals surface area contributed by atoms with Crippen LogP contribution < -0.4 is 5.32 Å². The summed E-state index contributed by atoms with van der Waals surface area (Å²) in [7, 11) is 1.96. The van der Waals surface area contributed by atoms with Gasteiger partial charge in [-0.25, -0.2) is 0 Å². The molecule has 0 amide bonds. The topological polar surface area (TPSA) is 47.7 Å². The molecule has 5 nitrogen and oxygen atoms in total. The second-order valence-corrected chi connectivity index (χ2v) is 4.22. The monoisotopic (exact) mass is 233 g/mol. The van der Waals surface area contributed by atoms with Gasteiger partial charge in [0, 0.05) is 25.9 Å². The Morgan fingerprint density at radius 1 is 1.35 bits per heavy atom. The van der Waals surface area contributed by atoms with Crippen molar-refractivity contribution in [2.24, 2.45) is 7.05 Å². The lowest BCUT2D eigenvalue weighted by molar-refractivity contribution is 0.603. The van der Waals surface area contributed by atoms with Crippen molar-refractivity contribution in [3.8, 4) is 0 Å². The number of rotatable bonds is 5. The first-order valence-electron chi connectivity index (χ1n) is 5.96. The molecule has 0 bridgehead atoms. The summed E-state index contributed by atoms with van der Waals surface area (Å²) in [6.45, 7) is 5.86. The summed E-state index contributed by atoms with van der Waals surface area (Å²) < 4.78 is 3.85. The molecule has 0 spiro atoms. The van der Waals surface area contributed by atoms with E-state index in [-0.39, 0.29) is 0 Å². The van der Waals surface area contributed by atoms with Gasteiger partial charge in [0.1, 0.15) is 5.82 Å². The fraction of sp³-hybridized carbons (Fsp3) is 0.500. The summed E-state index contributed by atoms with van der Waals surface area (Å²) in [5, 5.41) is 12.0. The van der Waals surface area contributed by atoms with Gasteiger partial charge in [-0.1, -0.05) is 6.92 Å². The molecule has 1 N–H and O–H groups in total. The highest BCUT2D eigenvalue weighted by molar-refractivity contribution is 5.33. The highest BCUT2D eigenvalue weighted by atomic mass is 15.3. The molecule has 0 aliphatic rings. The molecule has 0 aliphatic heterocycles. The Labute approximate surface area is 101 Å². The number of aryl methyl sites for hydroxylation is 3. The number of hydrogen-bond donors (Lipinski definition) is 1. The van der Waals surface area contributed by atoms with Gasteiger partial charge in [0.05, 0.1) is 17.9 Å². The van der Waals surface area contributed by atoms with Crippen LogP contribution in [0.25, 0.3) is 0 Å².